The summed E-state index contributed by atoms with van der Waals surface area (Å²) in [4.78, 5) is 36.6. The first-order valence-corrected chi connectivity index (χ1v) is 9.73. The lowest BCUT2D eigenvalue weighted by atomic mass is 9.64. The van der Waals surface area contributed by atoms with E-state index in [2.05, 4.69) is 10.5 Å². The molecule has 1 aromatic carbocycles. The van der Waals surface area contributed by atoms with Gasteiger partial charge in [-0.25, -0.2) is 5.43 Å². The average molecular weight is 413 g/mol. The van der Waals surface area contributed by atoms with Gasteiger partial charge in [0.2, 0.25) is 0 Å². The first kappa shape index (κ1) is 20.4. The van der Waals surface area contributed by atoms with E-state index >= 15 is 0 Å². The van der Waals surface area contributed by atoms with E-state index in [0.29, 0.717) is 12.0 Å². The van der Waals surface area contributed by atoms with Gasteiger partial charge in [0.1, 0.15) is 0 Å². The highest BCUT2D eigenvalue weighted by molar-refractivity contribution is 7.11. The van der Waals surface area contributed by atoms with Crippen molar-refractivity contribution in [1.29, 1.82) is 0 Å². The van der Waals surface area contributed by atoms with Crippen LogP contribution in [0.5, 0.6) is 0 Å². The molecule has 2 N–H and O–H groups in total. The molecule has 0 saturated carbocycles. The Morgan fingerprint density at radius 1 is 1.34 bits per heavy atom. The van der Waals surface area contributed by atoms with Crippen LogP contribution in [0.2, 0.25) is 0 Å². The van der Waals surface area contributed by atoms with Gasteiger partial charge in [-0.15, -0.1) is 11.3 Å². The molecule has 1 aromatic heterocycles. The summed E-state index contributed by atoms with van der Waals surface area (Å²) in [5.41, 5.74) is 2.04. The van der Waals surface area contributed by atoms with Crippen LogP contribution in [0, 0.1) is 15.5 Å². The number of carboxylic acid groups (broad SMARTS) is 1. The van der Waals surface area contributed by atoms with Crippen molar-refractivity contribution in [2.45, 2.75) is 25.7 Å². The number of benzene rings is 1. The van der Waals surface area contributed by atoms with Crippen molar-refractivity contribution in [1.82, 2.24) is 5.43 Å². The van der Waals surface area contributed by atoms with Crippen molar-refractivity contribution in [3.63, 3.8) is 0 Å². The second-order valence-corrected chi connectivity index (χ2v) is 7.83. The number of hydrogen-bond acceptors (Lipinski definition) is 6. The number of rotatable bonds is 6. The molecular weight excluding hydrogens is 394 g/mol. The predicted molar refractivity (Wildman–Crippen MR) is 109 cm³/mol. The normalized spacial score (nSPS) is 21.6. The third kappa shape index (κ3) is 4.09. The average Bonchev–Trinajstić information content (AvgIpc) is 3.21. The van der Waals surface area contributed by atoms with Crippen LogP contribution in [0.1, 0.15) is 36.1 Å². The summed E-state index contributed by atoms with van der Waals surface area (Å²) in [5, 5.41) is 26.8. The van der Waals surface area contributed by atoms with Gasteiger partial charge in [0, 0.05) is 22.9 Å². The molecule has 8 nitrogen and oxygen atoms in total. The molecule has 0 bridgehead atoms. The predicted octanol–water partition coefficient (Wildman–Crippen LogP) is 3.70. The molecule has 0 radical (unpaired) electrons. The van der Waals surface area contributed by atoms with Crippen LogP contribution in [-0.4, -0.2) is 28.1 Å². The Labute approximate surface area is 170 Å². The van der Waals surface area contributed by atoms with Crippen molar-refractivity contribution < 1.29 is 19.6 Å². The van der Waals surface area contributed by atoms with Crippen LogP contribution in [0.15, 0.2) is 58.5 Å². The van der Waals surface area contributed by atoms with E-state index in [1.807, 2.05) is 24.4 Å². The number of allylic oxidation sites excluding steroid dienone is 2. The van der Waals surface area contributed by atoms with Gasteiger partial charge in [0.15, 0.2) is 5.41 Å². The van der Waals surface area contributed by atoms with E-state index in [4.69, 9.17) is 0 Å². The highest BCUT2D eigenvalue weighted by Gasteiger charge is 2.53. The fourth-order valence-corrected chi connectivity index (χ4v) is 4.08. The standard InChI is InChI=1S/C20H19N3O5S/c1-13-8-9-20(19(25)26,18(24)22-21-12-16-3-2-10-29-16)17(11-13)14-4-6-15(7-5-14)23(27)28/h2-8,10,12,17H,9,11H2,1H3,(H,22,24)(H,25,26)/b21-12-/t17-,20+/m1/s1. The Hall–Kier alpha value is -3.33. The Bertz CT molecular complexity index is 982. The molecule has 29 heavy (non-hydrogen) atoms. The summed E-state index contributed by atoms with van der Waals surface area (Å²) in [6.07, 6.45) is 3.57. The second-order valence-electron chi connectivity index (χ2n) is 6.85. The van der Waals surface area contributed by atoms with Gasteiger partial charge in [0.05, 0.1) is 11.1 Å². The van der Waals surface area contributed by atoms with Gasteiger partial charge >= 0.3 is 5.97 Å². The molecule has 0 spiro atoms. The number of carbonyl (C=O) groups excluding carboxylic acids is 1. The zero-order valence-electron chi connectivity index (χ0n) is 15.6. The van der Waals surface area contributed by atoms with Crippen LogP contribution in [0.3, 0.4) is 0 Å². The summed E-state index contributed by atoms with van der Waals surface area (Å²) >= 11 is 1.44. The lowest BCUT2D eigenvalue weighted by Gasteiger charge is -2.38. The molecular formula is C20H19N3O5S. The number of nitrogens with zero attached hydrogens (tertiary/aromatic N) is 2. The van der Waals surface area contributed by atoms with Crippen molar-refractivity contribution in [2.24, 2.45) is 10.5 Å². The van der Waals surface area contributed by atoms with E-state index in [1.54, 1.807) is 6.08 Å². The number of nitro benzene ring substituents is 1. The Morgan fingerprint density at radius 3 is 2.66 bits per heavy atom. The molecule has 2 atom stereocenters. The zero-order valence-corrected chi connectivity index (χ0v) is 16.4. The number of nitro groups is 1. The van der Waals surface area contributed by atoms with Crippen LogP contribution in [0.25, 0.3) is 0 Å². The van der Waals surface area contributed by atoms with Crippen molar-refractivity contribution >= 4 is 35.1 Å². The maximum absolute atomic E-state index is 13.0. The minimum absolute atomic E-state index is 0.0101. The summed E-state index contributed by atoms with van der Waals surface area (Å²) in [6.45, 7) is 1.87. The third-order valence-electron chi connectivity index (χ3n) is 5.09. The Morgan fingerprint density at radius 2 is 2.07 bits per heavy atom. The monoisotopic (exact) mass is 413 g/mol. The Kier molecular flexibility index (Phi) is 5.88. The second kappa shape index (κ2) is 8.36. The van der Waals surface area contributed by atoms with Crippen LogP contribution >= 0.6 is 11.3 Å². The summed E-state index contributed by atoms with van der Waals surface area (Å²) < 4.78 is 0. The quantitative estimate of drug-likeness (QED) is 0.246. The number of amides is 1. The highest BCUT2D eigenvalue weighted by Crippen LogP contribution is 2.47. The minimum atomic E-state index is -1.76. The molecule has 1 amide bonds. The SMILES string of the molecule is CC1=CC[C@@](C(=O)O)(C(=O)N/N=C\c2cccs2)[C@@H](c2ccc([N+](=O)[O-])cc2)C1. The van der Waals surface area contributed by atoms with Crippen LogP contribution in [0.4, 0.5) is 5.69 Å². The molecule has 150 valence electrons. The molecule has 1 aliphatic rings. The van der Waals surface area contributed by atoms with Crippen molar-refractivity contribution in [3.05, 3.63) is 74.0 Å². The molecule has 0 unspecified atom stereocenters. The van der Waals surface area contributed by atoms with Gasteiger partial charge < -0.3 is 5.11 Å². The number of thiophene rings is 1. The van der Waals surface area contributed by atoms with Gasteiger partial charge in [-0.2, -0.15) is 5.10 Å². The highest BCUT2D eigenvalue weighted by atomic mass is 32.1. The molecule has 0 aliphatic heterocycles. The molecule has 2 aromatic rings. The fourth-order valence-electron chi connectivity index (χ4n) is 3.49. The minimum Gasteiger partial charge on any atom is -0.480 e. The lowest BCUT2D eigenvalue weighted by Crippen LogP contribution is -2.50. The summed E-state index contributed by atoms with van der Waals surface area (Å²) in [5.74, 6) is -2.65. The first-order chi connectivity index (χ1) is 13.8. The molecule has 9 heteroatoms. The van der Waals surface area contributed by atoms with E-state index in [1.165, 1.54) is 41.8 Å². The number of non-ortho nitro benzene ring substituents is 1. The summed E-state index contributed by atoms with van der Waals surface area (Å²) in [6, 6.07) is 9.33. The smallest absolute Gasteiger partial charge is 0.320 e. The topological polar surface area (TPSA) is 122 Å². The van der Waals surface area contributed by atoms with Crippen molar-refractivity contribution in [3.8, 4) is 0 Å². The van der Waals surface area contributed by atoms with E-state index in [-0.39, 0.29) is 12.1 Å². The maximum Gasteiger partial charge on any atom is 0.320 e. The van der Waals surface area contributed by atoms with Gasteiger partial charge in [-0.1, -0.05) is 29.8 Å². The fraction of sp³-hybridized carbons (Fsp3) is 0.250. The maximum atomic E-state index is 13.0. The first-order valence-electron chi connectivity index (χ1n) is 8.85. The molecule has 0 saturated heterocycles. The van der Waals surface area contributed by atoms with Gasteiger partial charge in [-0.3, -0.25) is 19.7 Å². The van der Waals surface area contributed by atoms with E-state index in [9.17, 15) is 24.8 Å². The van der Waals surface area contributed by atoms with Crippen molar-refractivity contribution in [2.75, 3.05) is 0 Å². The van der Waals surface area contributed by atoms with Crippen LogP contribution < -0.4 is 5.43 Å². The van der Waals surface area contributed by atoms with Gasteiger partial charge in [0.25, 0.3) is 11.6 Å². The van der Waals surface area contributed by atoms with E-state index in [0.717, 1.165) is 10.5 Å². The van der Waals surface area contributed by atoms with Gasteiger partial charge in [-0.05, 0) is 36.8 Å². The number of carbonyl (C=O) groups is 2. The molecule has 3 rings (SSSR count). The largest absolute Gasteiger partial charge is 0.480 e. The number of hydrazone groups is 1. The molecule has 1 heterocycles. The molecule has 1 aliphatic carbocycles. The van der Waals surface area contributed by atoms with Crippen LogP contribution in [-0.2, 0) is 9.59 Å². The van der Waals surface area contributed by atoms with E-state index < -0.39 is 28.1 Å². The number of aliphatic carboxylic acids is 1. The lowest BCUT2D eigenvalue weighted by molar-refractivity contribution is -0.384. The number of nitrogens with one attached hydrogen (secondary N) is 1. The summed E-state index contributed by atoms with van der Waals surface area (Å²) in [7, 11) is 0. The zero-order chi connectivity index (χ0) is 21.0. The number of hydrogen-bond donors (Lipinski definition) is 2. The Balaban J connectivity index is 1.95. The third-order valence-corrected chi connectivity index (χ3v) is 5.89. The number of carboxylic acids is 1. The molecule has 0 fully saturated rings.